The van der Waals surface area contributed by atoms with E-state index in [-0.39, 0.29) is 17.9 Å². The Balaban J connectivity index is 1.84. The van der Waals surface area contributed by atoms with Gasteiger partial charge in [0.05, 0.1) is 6.04 Å². The lowest BCUT2D eigenvalue weighted by Gasteiger charge is -2.26. The lowest BCUT2D eigenvalue weighted by Crippen LogP contribution is -2.54. The van der Waals surface area contributed by atoms with E-state index in [2.05, 4.69) is 28.6 Å². The number of unbranched alkanes of at least 4 members (excludes halogenated alkanes) is 2. The SMILES string of the molecule is O=C(N[C@@H](CCCCCS)C(=O)NC1CCCC1)C1CCCCN1. The molecule has 5 nitrogen and oxygen atoms in total. The molecule has 0 spiro atoms. The fourth-order valence-electron chi connectivity index (χ4n) is 3.63. The highest BCUT2D eigenvalue weighted by Crippen LogP contribution is 2.18. The predicted molar refractivity (Wildman–Crippen MR) is 100 cm³/mol. The van der Waals surface area contributed by atoms with Gasteiger partial charge in [0.15, 0.2) is 0 Å². The van der Waals surface area contributed by atoms with E-state index in [9.17, 15) is 9.59 Å². The van der Waals surface area contributed by atoms with Gasteiger partial charge in [0, 0.05) is 6.04 Å². The molecular weight excluding hydrogens is 322 g/mol. The number of piperidine rings is 1. The Kier molecular flexibility index (Phi) is 8.95. The molecular formula is C18H33N3O2S. The van der Waals surface area contributed by atoms with E-state index < -0.39 is 6.04 Å². The number of carbonyl (C=O) groups is 2. The van der Waals surface area contributed by atoms with Crippen LogP contribution in [-0.4, -0.2) is 42.2 Å². The van der Waals surface area contributed by atoms with Crippen molar-refractivity contribution < 1.29 is 9.59 Å². The summed E-state index contributed by atoms with van der Waals surface area (Å²) in [5, 5.41) is 9.40. The number of carbonyl (C=O) groups excluding carboxylic acids is 2. The van der Waals surface area contributed by atoms with Crippen LogP contribution >= 0.6 is 12.6 Å². The Hall–Kier alpha value is -0.750. The fraction of sp³-hybridized carbons (Fsp3) is 0.889. The molecule has 6 heteroatoms. The first kappa shape index (κ1) is 19.6. The summed E-state index contributed by atoms with van der Waals surface area (Å²) in [5.41, 5.74) is 0. The van der Waals surface area contributed by atoms with Gasteiger partial charge < -0.3 is 16.0 Å². The van der Waals surface area contributed by atoms with Crippen LogP contribution in [0.25, 0.3) is 0 Å². The zero-order chi connectivity index (χ0) is 17.2. The van der Waals surface area contributed by atoms with E-state index in [0.29, 0.717) is 12.5 Å². The third-order valence-corrected chi connectivity index (χ3v) is 5.43. The van der Waals surface area contributed by atoms with Gasteiger partial charge in [-0.15, -0.1) is 0 Å². The molecule has 2 fully saturated rings. The summed E-state index contributed by atoms with van der Waals surface area (Å²) in [6.07, 6.45) is 11.3. The van der Waals surface area contributed by atoms with Crippen LogP contribution in [0, 0.1) is 0 Å². The molecule has 0 aromatic rings. The number of nitrogens with one attached hydrogen (secondary N) is 3. The zero-order valence-electron chi connectivity index (χ0n) is 14.7. The highest BCUT2D eigenvalue weighted by Gasteiger charge is 2.28. The summed E-state index contributed by atoms with van der Waals surface area (Å²) in [4.78, 5) is 25.1. The zero-order valence-corrected chi connectivity index (χ0v) is 15.6. The molecule has 0 bridgehead atoms. The van der Waals surface area contributed by atoms with Crippen molar-refractivity contribution in [1.29, 1.82) is 0 Å². The number of hydrogen-bond acceptors (Lipinski definition) is 4. The summed E-state index contributed by atoms with van der Waals surface area (Å²) in [6.45, 7) is 0.888. The summed E-state index contributed by atoms with van der Waals surface area (Å²) in [7, 11) is 0. The van der Waals surface area contributed by atoms with E-state index in [1.165, 1.54) is 12.8 Å². The number of thiol groups is 1. The summed E-state index contributed by atoms with van der Waals surface area (Å²) in [5.74, 6) is 0.851. The molecule has 1 saturated carbocycles. The van der Waals surface area contributed by atoms with Crippen LogP contribution in [-0.2, 0) is 9.59 Å². The first-order chi connectivity index (χ1) is 11.7. The first-order valence-corrected chi connectivity index (χ1v) is 10.3. The number of hydrogen-bond donors (Lipinski definition) is 4. The molecule has 1 aliphatic carbocycles. The smallest absolute Gasteiger partial charge is 0.242 e. The van der Waals surface area contributed by atoms with Gasteiger partial charge >= 0.3 is 0 Å². The van der Waals surface area contributed by atoms with Gasteiger partial charge in [0.1, 0.15) is 6.04 Å². The van der Waals surface area contributed by atoms with E-state index in [1.807, 2.05) is 0 Å². The Morgan fingerprint density at radius 1 is 1.04 bits per heavy atom. The Morgan fingerprint density at radius 2 is 1.79 bits per heavy atom. The average Bonchev–Trinajstić information content (AvgIpc) is 3.11. The molecule has 1 heterocycles. The summed E-state index contributed by atoms with van der Waals surface area (Å²) >= 11 is 4.23. The minimum absolute atomic E-state index is 0.00284. The molecule has 1 unspecified atom stereocenters. The molecule has 2 aliphatic rings. The lowest BCUT2D eigenvalue weighted by atomic mass is 10.0. The molecule has 2 atom stereocenters. The Labute approximate surface area is 151 Å². The average molecular weight is 356 g/mol. The van der Waals surface area contributed by atoms with Crippen molar-refractivity contribution in [2.45, 2.75) is 88.8 Å². The van der Waals surface area contributed by atoms with E-state index in [4.69, 9.17) is 0 Å². The van der Waals surface area contributed by atoms with E-state index in [0.717, 1.165) is 63.7 Å². The highest BCUT2D eigenvalue weighted by molar-refractivity contribution is 7.80. The van der Waals surface area contributed by atoms with Gasteiger partial charge in [0.25, 0.3) is 0 Å². The number of rotatable bonds is 9. The molecule has 3 N–H and O–H groups in total. The highest BCUT2D eigenvalue weighted by atomic mass is 32.1. The molecule has 138 valence electrons. The fourth-order valence-corrected chi connectivity index (χ4v) is 3.85. The van der Waals surface area contributed by atoms with Crippen molar-refractivity contribution in [2.24, 2.45) is 0 Å². The molecule has 2 rings (SSSR count). The topological polar surface area (TPSA) is 70.2 Å². The molecule has 1 saturated heterocycles. The minimum Gasteiger partial charge on any atom is -0.352 e. The van der Waals surface area contributed by atoms with Crippen molar-refractivity contribution in [3.05, 3.63) is 0 Å². The second-order valence-electron chi connectivity index (χ2n) is 7.13. The lowest BCUT2D eigenvalue weighted by molar-refractivity contribution is -0.130. The van der Waals surface area contributed by atoms with Crippen LogP contribution < -0.4 is 16.0 Å². The molecule has 0 aromatic heterocycles. The van der Waals surface area contributed by atoms with Gasteiger partial charge in [-0.25, -0.2) is 0 Å². The Bertz CT molecular complexity index is 394. The number of amides is 2. The first-order valence-electron chi connectivity index (χ1n) is 9.65. The van der Waals surface area contributed by atoms with Crippen LogP contribution in [0.4, 0.5) is 0 Å². The minimum atomic E-state index is -0.401. The maximum absolute atomic E-state index is 12.6. The quantitative estimate of drug-likeness (QED) is 0.378. The standard InChI is InChI=1S/C18H33N3O2S/c22-17(15-10-5-6-12-19-15)21-16(11-2-1-7-13-24)18(23)20-14-8-3-4-9-14/h14-16,19,24H,1-13H2,(H,20,23)(H,21,22)/t15?,16-/m0/s1. The predicted octanol–water partition coefficient (Wildman–Crippen LogP) is 2.16. The maximum atomic E-state index is 12.6. The van der Waals surface area contributed by atoms with Crippen molar-refractivity contribution in [2.75, 3.05) is 12.3 Å². The van der Waals surface area contributed by atoms with Crippen molar-refractivity contribution in [1.82, 2.24) is 16.0 Å². The van der Waals surface area contributed by atoms with Crippen LogP contribution in [0.15, 0.2) is 0 Å². The monoisotopic (exact) mass is 355 g/mol. The molecule has 2 amide bonds. The van der Waals surface area contributed by atoms with Crippen LogP contribution in [0.1, 0.15) is 70.6 Å². The third kappa shape index (κ3) is 6.63. The van der Waals surface area contributed by atoms with Crippen molar-refractivity contribution >= 4 is 24.4 Å². The summed E-state index contributed by atoms with van der Waals surface area (Å²) < 4.78 is 0. The second kappa shape index (κ2) is 11.0. The van der Waals surface area contributed by atoms with Gasteiger partial charge in [-0.1, -0.05) is 32.1 Å². The van der Waals surface area contributed by atoms with Gasteiger partial charge in [-0.05, 0) is 50.8 Å². The van der Waals surface area contributed by atoms with Crippen molar-refractivity contribution in [3.8, 4) is 0 Å². The van der Waals surface area contributed by atoms with Gasteiger partial charge in [-0.2, -0.15) is 12.6 Å². The Morgan fingerprint density at radius 3 is 2.46 bits per heavy atom. The molecule has 0 aromatic carbocycles. The molecule has 24 heavy (non-hydrogen) atoms. The molecule has 1 aliphatic heterocycles. The molecule has 0 radical (unpaired) electrons. The third-order valence-electron chi connectivity index (χ3n) is 5.11. The van der Waals surface area contributed by atoms with Crippen LogP contribution in [0.2, 0.25) is 0 Å². The van der Waals surface area contributed by atoms with Gasteiger partial charge in [0.2, 0.25) is 11.8 Å². The van der Waals surface area contributed by atoms with Crippen LogP contribution in [0.5, 0.6) is 0 Å². The van der Waals surface area contributed by atoms with Crippen molar-refractivity contribution in [3.63, 3.8) is 0 Å². The van der Waals surface area contributed by atoms with E-state index in [1.54, 1.807) is 0 Å². The maximum Gasteiger partial charge on any atom is 0.242 e. The second-order valence-corrected chi connectivity index (χ2v) is 7.57. The van der Waals surface area contributed by atoms with E-state index >= 15 is 0 Å². The largest absolute Gasteiger partial charge is 0.352 e. The summed E-state index contributed by atoms with van der Waals surface area (Å²) in [6, 6.07) is -0.248. The van der Waals surface area contributed by atoms with Crippen LogP contribution in [0.3, 0.4) is 0 Å². The van der Waals surface area contributed by atoms with Gasteiger partial charge in [-0.3, -0.25) is 9.59 Å². The normalized spacial score (nSPS) is 23.0.